The zero-order valence-corrected chi connectivity index (χ0v) is 8.29. The van der Waals surface area contributed by atoms with E-state index >= 15 is 0 Å². The second kappa shape index (κ2) is 3.62. The van der Waals surface area contributed by atoms with Gasteiger partial charge in [0.2, 0.25) is 0 Å². The summed E-state index contributed by atoms with van der Waals surface area (Å²) in [7, 11) is 0. The minimum Gasteiger partial charge on any atom is -0.367 e. The molecule has 12 heavy (non-hydrogen) atoms. The summed E-state index contributed by atoms with van der Waals surface area (Å²) in [6, 6.07) is 0.628. The van der Waals surface area contributed by atoms with Crippen LogP contribution in [0.1, 0.15) is 25.7 Å². The van der Waals surface area contributed by atoms with Crippen molar-refractivity contribution in [2.75, 3.05) is 5.32 Å². The highest BCUT2D eigenvalue weighted by Crippen LogP contribution is 2.24. The van der Waals surface area contributed by atoms with Crippen LogP contribution in [0.3, 0.4) is 0 Å². The molecular formula is C8H11ClN2S. The number of thiazole rings is 1. The lowest BCUT2D eigenvalue weighted by Gasteiger charge is -2.09. The number of nitrogens with zero attached hydrogens (tertiary/aromatic N) is 1. The van der Waals surface area contributed by atoms with Crippen LogP contribution in [0.25, 0.3) is 0 Å². The van der Waals surface area contributed by atoms with E-state index in [1.54, 1.807) is 0 Å². The van der Waals surface area contributed by atoms with Gasteiger partial charge in [0.25, 0.3) is 0 Å². The molecule has 1 heterocycles. The third-order valence-electron chi connectivity index (χ3n) is 2.18. The summed E-state index contributed by atoms with van der Waals surface area (Å²) in [5.74, 6) is 0.942. The maximum Gasteiger partial charge on any atom is 0.185 e. The maximum absolute atomic E-state index is 5.71. The van der Waals surface area contributed by atoms with Crippen LogP contribution in [0.2, 0.25) is 4.47 Å². The Kier molecular flexibility index (Phi) is 2.51. The zero-order chi connectivity index (χ0) is 8.39. The molecule has 1 fully saturated rings. The molecule has 1 N–H and O–H groups in total. The number of anilines is 1. The minimum absolute atomic E-state index is 0.621. The minimum atomic E-state index is 0.621. The molecular weight excluding hydrogens is 192 g/mol. The highest BCUT2D eigenvalue weighted by Gasteiger charge is 2.15. The SMILES string of the molecule is Clc1nc(NC2CCCC2)cs1. The quantitative estimate of drug-likeness (QED) is 0.797. The number of halogens is 1. The molecule has 0 aliphatic heterocycles. The molecule has 2 rings (SSSR count). The molecule has 1 aliphatic carbocycles. The van der Waals surface area contributed by atoms with Gasteiger partial charge in [-0.15, -0.1) is 11.3 Å². The summed E-state index contributed by atoms with van der Waals surface area (Å²) in [6.07, 6.45) is 5.23. The Labute approximate surface area is 81.0 Å². The van der Waals surface area contributed by atoms with Crippen molar-refractivity contribution in [1.29, 1.82) is 0 Å². The van der Waals surface area contributed by atoms with Crippen molar-refractivity contribution in [2.24, 2.45) is 0 Å². The molecule has 66 valence electrons. The molecule has 1 saturated carbocycles. The second-order valence-corrected chi connectivity index (χ2v) is 4.55. The van der Waals surface area contributed by atoms with Crippen molar-refractivity contribution >= 4 is 28.8 Å². The predicted molar refractivity (Wildman–Crippen MR) is 53.0 cm³/mol. The Balaban J connectivity index is 1.94. The fraction of sp³-hybridized carbons (Fsp3) is 0.625. The lowest BCUT2D eigenvalue weighted by molar-refractivity contribution is 0.752. The van der Waals surface area contributed by atoms with Crippen molar-refractivity contribution in [1.82, 2.24) is 4.98 Å². The van der Waals surface area contributed by atoms with Crippen LogP contribution in [0.15, 0.2) is 5.38 Å². The molecule has 0 amide bonds. The fourth-order valence-electron chi connectivity index (χ4n) is 1.60. The Morgan fingerprint density at radius 2 is 2.25 bits per heavy atom. The van der Waals surface area contributed by atoms with Gasteiger partial charge in [0.1, 0.15) is 5.82 Å². The van der Waals surface area contributed by atoms with Crippen molar-refractivity contribution in [3.05, 3.63) is 9.85 Å². The molecule has 1 aliphatic rings. The van der Waals surface area contributed by atoms with Gasteiger partial charge in [-0.05, 0) is 12.8 Å². The monoisotopic (exact) mass is 202 g/mol. The van der Waals surface area contributed by atoms with Crippen molar-refractivity contribution < 1.29 is 0 Å². The first-order valence-electron chi connectivity index (χ1n) is 4.22. The number of rotatable bonds is 2. The highest BCUT2D eigenvalue weighted by atomic mass is 35.5. The van der Waals surface area contributed by atoms with Crippen molar-refractivity contribution in [3.63, 3.8) is 0 Å². The van der Waals surface area contributed by atoms with E-state index in [4.69, 9.17) is 11.6 Å². The summed E-state index contributed by atoms with van der Waals surface area (Å²) in [5, 5.41) is 5.35. The summed E-state index contributed by atoms with van der Waals surface area (Å²) in [6.45, 7) is 0. The molecule has 2 nitrogen and oxygen atoms in total. The zero-order valence-electron chi connectivity index (χ0n) is 6.72. The third kappa shape index (κ3) is 1.90. The van der Waals surface area contributed by atoms with Crippen LogP contribution in [-0.2, 0) is 0 Å². The van der Waals surface area contributed by atoms with Gasteiger partial charge in [-0.3, -0.25) is 0 Å². The largest absolute Gasteiger partial charge is 0.367 e. The van der Waals surface area contributed by atoms with Gasteiger partial charge in [0, 0.05) is 11.4 Å². The summed E-state index contributed by atoms with van der Waals surface area (Å²) < 4.78 is 0.621. The van der Waals surface area contributed by atoms with E-state index in [9.17, 15) is 0 Å². The lowest BCUT2D eigenvalue weighted by Crippen LogP contribution is -2.14. The van der Waals surface area contributed by atoms with Crippen LogP contribution in [0.4, 0.5) is 5.82 Å². The van der Waals surface area contributed by atoms with Crippen LogP contribution in [-0.4, -0.2) is 11.0 Å². The van der Waals surface area contributed by atoms with Gasteiger partial charge in [-0.1, -0.05) is 24.4 Å². The van der Waals surface area contributed by atoms with Crippen molar-refractivity contribution in [2.45, 2.75) is 31.7 Å². The average molecular weight is 203 g/mol. The van der Waals surface area contributed by atoms with E-state index in [1.165, 1.54) is 37.0 Å². The number of aromatic nitrogens is 1. The molecule has 0 bridgehead atoms. The van der Waals surface area contributed by atoms with Crippen LogP contribution in [0.5, 0.6) is 0 Å². The predicted octanol–water partition coefficient (Wildman–Crippen LogP) is 3.15. The van der Waals surface area contributed by atoms with Gasteiger partial charge in [0.05, 0.1) is 0 Å². The van der Waals surface area contributed by atoms with E-state index in [0.717, 1.165) is 5.82 Å². The fourth-order valence-corrected chi connectivity index (χ4v) is 2.30. The lowest BCUT2D eigenvalue weighted by atomic mass is 10.2. The summed E-state index contributed by atoms with van der Waals surface area (Å²) >= 11 is 7.19. The normalized spacial score (nSPS) is 18.4. The second-order valence-electron chi connectivity index (χ2n) is 3.11. The summed E-state index contributed by atoms with van der Waals surface area (Å²) in [5.41, 5.74) is 0. The van der Waals surface area contributed by atoms with Gasteiger partial charge >= 0.3 is 0 Å². The van der Waals surface area contributed by atoms with Crippen molar-refractivity contribution in [3.8, 4) is 0 Å². The Morgan fingerprint density at radius 1 is 1.50 bits per heavy atom. The highest BCUT2D eigenvalue weighted by molar-refractivity contribution is 7.14. The summed E-state index contributed by atoms with van der Waals surface area (Å²) in [4.78, 5) is 4.15. The smallest absolute Gasteiger partial charge is 0.185 e. The van der Waals surface area contributed by atoms with Crippen LogP contribution in [0, 0.1) is 0 Å². The maximum atomic E-state index is 5.71. The van der Waals surface area contributed by atoms with Gasteiger partial charge in [-0.2, -0.15) is 0 Å². The number of nitrogens with one attached hydrogen (secondary N) is 1. The Morgan fingerprint density at radius 3 is 2.83 bits per heavy atom. The molecule has 0 spiro atoms. The molecule has 0 unspecified atom stereocenters. The molecule has 4 heteroatoms. The van der Waals surface area contributed by atoms with E-state index in [0.29, 0.717) is 10.5 Å². The molecule has 0 aromatic carbocycles. The third-order valence-corrected chi connectivity index (χ3v) is 3.16. The molecule has 1 aromatic heterocycles. The Bertz CT molecular complexity index is 255. The first kappa shape index (κ1) is 8.32. The number of hydrogen-bond acceptors (Lipinski definition) is 3. The van der Waals surface area contributed by atoms with E-state index in [1.807, 2.05) is 5.38 Å². The first-order chi connectivity index (χ1) is 5.84. The number of hydrogen-bond donors (Lipinski definition) is 1. The van der Waals surface area contributed by atoms with Gasteiger partial charge in [-0.25, -0.2) is 4.98 Å². The van der Waals surface area contributed by atoms with Gasteiger partial charge < -0.3 is 5.32 Å². The van der Waals surface area contributed by atoms with Crippen LogP contribution >= 0.6 is 22.9 Å². The first-order valence-corrected chi connectivity index (χ1v) is 5.48. The molecule has 1 aromatic rings. The topological polar surface area (TPSA) is 24.9 Å². The molecule has 0 atom stereocenters. The standard InChI is InChI=1S/C8H11ClN2S/c9-8-11-7(5-12-8)10-6-3-1-2-4-6/h5-6,10H,1-4H2. The van der Waals surface area contributed by atoms with E-state index < -0.39 is 0 Å². The van der Waals surface area contributed by atoms with E-state index in [2.05, 4.69) is 10.3 Å². The molecule has 0 radical (unpaired) electrons. The van der Waals surface area contributed by atoms with Crippen LogP contribution < -0.4 is 5.32 Å². The molecule has 0 saturated heterocycles. The van der Waals surface area contributed by atoms with Gasteiger partial charge in [0.15, 0.2) is 4.47 Å². The Hall–Kier alpha value is -0.280. The average Bonchev–Trinajstić information content (AvgIpc) is 2.63. The van der Waals surface area contributed by atoms with E-state index in [-0.39, 0.29) is 0 Å².